The van der Waals surface area contributed by atoms with Crippen molar-refractivity contribution in [2.45, 2.75) is 38.3 Å². The lowest BCUT2D eigenvalue weighted by atomic mass is 10.0. The minimum absolute atomic E-state index is 0.0558. The number of hydrogen-bond acceptors (Lipinski definition) is 4. The van der Waals surface area contributed by atoms with Gasteiger partial charge in [0.2, 0.25) is 0 Å². The quantitative estimate of drug-likeness (QED) is 0.698. The molecule has 0 atom stereocenters. The lowest BCUT2D eigenvalue weighted by molar-refractivity contribution is 0.0845. The Morgan fingerprint density at radius 3 is 2.22 bits per heavy atom. The van der Waals surface area contributed by atoms with Gasteiger partial charge in [0.1, 0.15) is 0 Å². The van der Waals surface area contributed by atoms with Gasteiger partial charge in [-0.15, -0.1) is 0 Å². The fourth-order valence-corrected chi connectivity index (χ4v) is 3.60. The standard InChI is InChI=1S/C11H24N4O2S/c1-11(2,9-12)14-5-7-15(8-6-14)18(16,17)13-10-3-4-10/h10,13H,3-9,12H2,1-2H3. The Morgan fingerprint density at radius 1 is 1.22 bits per heavy atom. The third kappa shape index (κ3) is 3.21. The van der Waals surface area contributed by atoms with Crippen LogP contribution in [-0.2, 0) is 10.2 Å². The smallest absolute Gasteiger partial charge is 0.279 e. The molecule has 0 bridgehead atoms. The first-order valence-electron chi connectivity index (χ1n) is 6.58. The normalized spacial score (nSPS) is 24.4. The maximum absolute atomic E-state index is 12.0. The van der Waals surface area contributed by atoms with E-state index in [0.717, 1.165) is 25.9 Å². The molecule has 1 saturated carbocycles. The van der Waals surface area contributed by atoms with Crippen molar-refractivity contribution in [3.8, 4) is 0 Å². The molecule has 0 spiro atoms. The second-order valence-electron chi connectivity index (χ2n) is 5.80. The minimum atomic E-state index is -3.27. The van der Waals surface area contributed by atoms with E-state index in [2.05, 4.69) is 23.5 Å². The molecule has 1 heterocycles. The maximum Gasteiger partial charge on any atom is 0.279 e. The fourth-order valence-electron chi connectivity index (χ4n) is 2.15. The van der Waals surface area contributed by atoms with Crippen molar-refractivity contribution >= 4 is 10.2 Å². The molecule has 106 valence electrons. The highest BCUT2D eigenvalue weighted by atomic mass is 32.2. The molecule has 1 saturated heterocycles. The molecular formula is C11H24N4O2S. The molecule has 2 fully saturated rings. The van der Waals surface area contributed by atoms with Crippen LogP contribution in [0.4, 0.5) is 0 Å². The van der Waals surface area contributed by atoms with Gasteiger partial charge in [-0.05, 0) is 26.7 Å². The molecule has 2 rings (SSSR count). The third-order valence-electron chi connectivity index (χ3n) is 3.83. The van der Waals surface area contributed by atoms with Crippen LogP contribution in [0.5, 0.6) is 0 Å². The molecule has 0 radical (unpaired) electrons. The highest BCUT2D eigenvalue weighted by molar-refractivity contribution is 7.87. The van der Waals surface area contributed by atoms with E-state index in [0.29, 0.717) is 19.6 Å². The van der Waals surface area contributed by atoms with Gasteiger partial charge in [-0.25, -0.2) is 0 Å². The zero-order valence-corrected chi connectivity index (χ0v) is 12.0. The van der Waals surface area contributed by atoms with Gasteiger partial charge >= 0.3 is 0 Å². The summed E-state index contributed by atoms with van der Waals surface area (Å²) >= 11 is 0. The molecular weight excluding hydrogens is 252 g/mol. The maximum atomic E-state index is 12.0. The van der Waals surface area contributed by atoms with E-state index in [1.165, 1.54) is 0 Å². The average molecular weight is 276 g/mol. The number of nitrogens with zero attached hydrogens (tertiary/aromatic N) is 2. The summed E-state index contributed by atoms with van der Waals surface area (Å²) in [6.45, 7) is 7.36. The van der Waals surface area contributed by atoms with Crippen LogP contribution in [-0.4, -0.2) is 61.9 Å². The van der Waals surface area contributed by atoms with E-state index < -0.39 is 10.2 Å². The summed E-state index contributed by atoms with van der Waals surface area (Å²) in [6.07, 6.45) is 1.94. The van der Waals surface area contributed by atoms with Crippen molar-refractivity contribution in [2.75, 3.05) is 32.7 Å². The Bertz CT molecular complexity index is 384. The first-order valence-corrected chi connectivity index (χ1v) is 8.02. The topological polar surface area (TPSA) is 78.7 Å². The van der Waals surface area contributed by atoms with Crippen molar-refractivity contribution in [2.24, 2.45) is 5.73 Å². The summed E-state index contributed by atoms with van der Waals surface area (Å²) < 4.78 is 28.3. The minimum Gasteiger partial charge on any atom is -0.329 e. The van der Waals surface area contributed by atoms with Gasteiger partial charge < -0.3 is 5.73 Å². The van der Waals surface area contributed by atoms with E-state index in [-0.39, 0.29) is 11.6 Å². The molecule has 2 aliphatic rings. The lowest BCUT2D eigenvalue weighted by Crippen LogP contribution is -2.59. The highest BCUT2D eigenvalue weighted by Gasteiger charge is 2.35. The van der Waals surface area contributed by atoms with Crippen molar-refractivity contribution in [3.05, 3.63) is 0 Å². The van der Waals surface area contributed by atoms with Crippen molar-refractivity contribution in [3.63, 3.8) is 0 Å². The molecule has 0 aromatic heterocycles. The van der Waals surface area contributed by atoms with Crippen LogP contribution < -0.4 is 10.5 Å². The zero-order chi connectivity index (χ0) is 13.4. The molecule has 0 aromatic carbocycles. The summed E-state index contributed by atoms with van der Waals surface area (Å²) in [5, 5.41) is 0. The van der Waals surface area contributed by atoms with Crippen LogP contribution in [0.1, 0.15) is 26.7 Å². The predicted molar refractivity (Wildman–Crippen MR) is 71.4 cm³/mol. The first kappa shape index (κ1) is 14.2. The number of piperazine rings is 1. The van der Waals surface area contributed by atoms with Gasteiger partial charge in [0.15, 0.2) is 0 Å². The molecule has 0 unspecified atom stereocenters. The molecule has 1 aliphatic carbocycles. The predicted octanol–water partition coefficient (Wildman–Crippen LogP) is -0.662. The Balaban J connectivity index is 1.89. The van der Waals surface area contributed by atoms with Gasteiger partial charge in [-0.1, -0.05) is 0 Å². The Labute approximate surface area is 110 Å². The molecule has 3 N–H and O–H groups in total. The van der Waals surface area contributed by atoms with E-state index in [1.54, 1.807) is 4.31 Å². The summed E-state index contributed by atoms with van der Waals surface area (Å²) in [4.78, 5) is 2.26. The van der Waals surface area contributed by atoms with E-state index >= 15 is 0 Å². The Morgan fingerprint density at radius 2 is 1.78 bits per heavy atom. The van der Waals surface area contributed by atoms with E-state index in [9.17, 15) is 8.42 Å². The Kier molecular flexibility index (Phi) is 3.99. The van der Waals surface area contributed by atoms with Crippen LogP contribution in [0.3, 0.4) is 0 Å². The SMILES string of the molecule is CC(C)(CN)N1CCN(S(=O)(=O)NC2CC2)CC1. The summed E-state index contributed by atoms with van der Waals surface area (Å²) in [5.74, 6) is 0. The van der Waals surface area contributed by atoms with Gasteiger partial charge in [0, 0.05) is 44.3 Å². The van der Waals surface area contributed by atoms with Crippen molar-refractivity contribution in [1.82, 2.24) is 13.9 Å². The van der Waals surface area contributed by atoms with Gasteiger partial charge in [0.25, 0.3) is 10.2 Å². The molecule has 1 aliphatic heterocycles. The van der Waals surface area contributed by atoms with Crippen LogP contribution in [0.2, 0.25) is 0 Å². The summed E-state index contributed by atoms with van der Waals surface area (Å²) in [6, 6.07) is 0.175. The second-order valence-corrected chi connectivity index (χ2v) is 7.50. The highest BCUT2D eigenvalue weighted by Crippen LogP contribution is 2.22. The lowest BCUT2D eigenvalue weighted by Gasteiger charge is -2.43. The largest absolute Gasteiger partial charge is 0.329 e. The van der Waals surface area contributed by atoms with Crippen LogP contribution in [0.25, 0.3) is 0 Å². The summed E-state index contributed by atoms with van der Waals surface area (Å²) in [7, 11) is -3.27. The van der Waals surface area contributed by atoms with Gasteiger partial charge in [-0.3, -0.25) is 4.90 Å². The third-order valence-corrected chi connectivity index (χ3v) is 5.50. The van der Waals surface area contributed by atoms with Crippen molar-refractivity contribution in [1.29, 1.82) is 0 Å². The molecule has 18 heavy (non-hydrogen) atoms. The van der Waals surface area contributed by atoms with Crippen LogP contribution in [0, 0.1) is 0 Å². The average Bonchev–Trinajstić information content (AvgIpc) is 3.12. The summed E-state index contributed by atoms with van der Waals surface area (Å²) in [5.41, 5.74) is 5.69. The van der Waals surface area contributed by atoms with E-state index in [1.807, 2.05) is 0 Å². The number of rotatable bonds is 5. The molecule has 6 nitrogen and oxygen atoms in total. The molecule has 7 heteroatoms. The van der Waals surface area contributed by atoms with Crippen molar-refractivity contribution < 1.29 is 8.42 Å². The molecule has 0 amide bonds. The van der Waals surface area contributed by atoms with Crippen LogP contribution >= 0.6 is 0 Å². The first-order chi connectivity index (χ1) is 8.35. The van der Waals surface area contributed by atoms with Gasteiger partial charge in [0.05, 0.1) is 0 Å². The number of nitrogens with two attached hydrogens (primary N) is 1. The molecule has 0 aromatic rings. The number of nitrogens with one attached hydrogen (secondary N) is 1. The zero-order valence-electron chi connectivity index (χ0n) is 11.2. The fraction of sp³-hybridized carbons (Fsp3) is 1.00. The van der Waals surface area contributed by atoms with Crippen LogP contribution in [0.15, 0.2) is 0 Å². The van der Waals surface area contributed by atoms with Gasteiger partial charge in [-0.2, -0.15) is 17.4 Å². The Hall–Kier alpha value is -0.210. The van der Waals surface area contributed by atoms with E-state index in [4.69, 9.17) is 5.73 Å². The monoisotopic (exact) mass is 276 g/mol. The second kappa shape index (κ2) is 5.05. The number of hydrogen-bond donors (Lipinski definition) is 2.